The fraction of sp³-hybridized carbons (Fsp3) is 0.368. The molecule has 0 aliphatic carbocycles. The van der Waals surface area contributed by atoms with Crippen molar-refractivity contribution in [3.8, 4) is 5.75 Å². The maximum atomic E-state index is 12.4. The van der Waals surface area contributed by atoms with Gasteiger partial charge in [-0.3, -0.25) is 14.4 Å². The number of carbonyl (C=O) groups is 2. The second-order valence-corrected chi connectivity index (χ2v) is 6.34. The van der Waals surface area contributed by atoms with E-state index in [9.17, 15) is 14.4 Å². The number of benzene rings is 1. The Kier molecular flexibility index (Phi) is 5.85. The lowest BCUT2D eigenvalue weighted by molar-refractivity contribution is -0.133. The van der Waals surface area contributed by atoms with Crippen LogP contribution in [0.5, 0.6) is 5.75 Å². The van der Waals surface area contributed by atoms with Gasteiger partial charge >= 0.3 is 0 Å². The number of carbonyl (C=O) groups excluding carboxylic acids is 2. The largest absolute Gasteiger partial charge is 0.497 e. The van der Waals surface area contributed by atoms with Crippen molar-refractivity contribution in [2.45, 2.75) is 25.8 Å². The third-order valence-corrected chi connectivity index (χ3v) is 4.44. The van der Waals surface area contributed by atoms with Crippen molar-refractivity contribution in [2.75, 3.05) is 25.5 Å². The third-order valence-electron chi connectivity index (χ3n) is 4.44. The van der Waals surface area contributed by atoms with E-state index < -0.39 is 11.5 Å². The fourth-order valence-corrected chi connectivity index (χ4v) is 2.92. The number of anilines is 1. The topological polar surface area (TPSA) is 93.5 Å². The molecule has 2 aromatic rings. The summed E-state index contributed by atoms with van der Waals surface area (Å²) < 4.78 is 6.12. The Bertz CT molecular complexity index is 870. The lowest BCUT2D eigenvalue weighted by atomic mass is 10.1. The molecule has 0 bridgehead atoms. The Morgan fingerprint density at radius 1 is 1.07 bits per heavy atom. The first-order valence-corrected chi connectivity index (χ1v) is 8.88. The third kappa shape index (κ3) is 4.72. The van der Waals surface area contributed by atoms with Crippen LogP contribution in [0.3, 0.4) is 0 Å². The van der Waals surface area contributed by atoms with Gasteiger partial charge in [0.1, 0.15) is 18.0 Å². The standard InChI is InChI=1S/C19H22N4O4/c1-27-15-7-5-14(6-8-15)20-19(26)16-9-10-17(24)23(21-16)13-18(25)22-11-3-2-4-12-22/h5-10H,2-4,11-13H2,1H3,(H,20,26). The highest BCUT2D eigenvalue weighted by Crippen LogP contribution is 2.15. The average molecular weight is 370 g/mol. The summed E-state index contributed by atoms with van der Waals surface area (Å²) in [5.74, 6) is 0.0623. The Labute approximate surface area is 156 Å². The minimum Gasteiger partial charge on any atom is -0.497 e. The smallest absolute Gasteiger partial charge is 0.276 e. The summed E-state index contributed by atoms with van der Waals surface area (Å²) in [5.41, 5.74) is 0.225. The summed E-state index contributed by atoms with van der Waals surface area (Å²) in [7, 11) is 1.56. The molecule has 8 nitrogen and oxygen atoms in total. The molecule has 1 saturated heterocycles. The molecule has 1 fully saturated rings. The van der Waals surface area contributed by atoms with Crippen LogP contribution in [-0.2, 0) is 11.3 Å². The second-order valence-electron chi connectivity index (χ2n) is 6.34. The van der Waals surface area contributed by atoms with E-state index in [4.69, 9.17) is 4.74 Å². The second kappa shape index (κ2) is 8.48. The molecule has 2 heterocycles. The van der Waals surface area contributed by atoms with Crippen LogP contribution >= 0.6 is 0 Å². The van der Waals surface area contributed by atoms with Gasteiger partial charge in [0.2, 0.25) is 5.91 Å². The molecule has 0 atom stereocenters. The molecule has 0 unspecified atom stereocenters. The molecule has 142 valence electrons. The number of amides is 2. The number of methoxy groups -OCH3 is 1. The van der Waals surface area contributed by atoms with E-state index >= 15 is 0 Å². The number of nitrogens with one attached hydrogen (secondary N) is 1. The van der Waals surface area contributed by atoms with Gasteiger partial charge in [0.05, 0.1) is 7.11 Å². The van der Waals surface area contributed by atoms with Gasteiger partial charge in [-0.1, -0.05) is 0 Å². The first-order valence-electron chi connectivity index (χ1n) is 8.88. The van der Waals surface area contributed by atoms with E-state index in [-0.39, 0.29) is 18.1 Å². The molecule has 0 spiro atoms. The van der Waals surface area contributed by atoms with Crippen LogP contribution in [0.1, 0.15) is 29.8 Å². The van der Waals surface area contributed by atoms with Gasteiger partial charge in [0, 0.05) is 24.8 Å². The van der Waals surface area contributed by atoms with Crippen LogP contribution < -0.4 is 15.6 Å². The van der Waals surface area contributed by atoms with Crippen LogP contribution in [0.4, 0.5) is 5.69 Å². The summed E-state index contributed by atoms with van der Waals surface area (Å²) in [6, 6.07) is 9.45. The van der Waals surface area contributed by atoms with Crippen LogP contribution in [0.2, 0.25) is 0 Å². The number of hydrogen-bond donors (Lipinski definition) is 1. The summed E-state index contributed by atoms with van der Waals surface area (Å²) in [6.07, 6.45) is 3.06. The summed E-state index contributed by atoms with van der Waals surface area (Å²) in [5, 5.41) is 6.76. The van der Waals surface area contributed by atoms with Crippen molar-refractivity contribution in [3.63, 3.8) is 0 Å². The molecule has 8 heteroatoms. The van der Waals surface area contributed by atoms with Gasteiger partial charge < -0.3 is 15.0 Å². The molecule has 0 radical (unpaired) electrons. The van der Waals surface area contributed by atoms with E-state index in [1.165, 1.54) is 12.1 Å². The van der Waals surface area contributed by atoms with Gasteiger partial charge in [-0.25, -0.2) is 4.68 Å². The maximum absolute atomic E-state index is 12.4. The zero-order chi connectivity index (χ0) is 19.2. The van der Waals surface area contributed by atoms with E-state index in [1.54, 1.807) is 36.3 Å². The van der Waals surface area contributed by atoms with Crippen LogP contribution in [0.25, 0.3) is 0 Å². The Morgan fingerprint density at radius 2 is 1.78 bits per heavy atom. The number of likely N-dealkylation sites (tertiary alicyclic amines) is 1. The average Bonchev–Trinajstić information content (AvgIpc) is 2.70. The normalized spacial score (nSPS) is 13.9. The quantitative estimate of drug-likeness (QED) is 0.861. The zero-order valence-electron chi connectivity index (χ0n) is 15.2. The first kappa shape index (κ1) is 18.6. The van der Waals surface area contributed by atoms with Crippen molar-refractivity contribution in [2.24, 2.45) is 0 Å². The summed E-state index contributed by atoms with van der Waals surface area (Å²) in [4.78, 5) is 38.5. The van der Waals surface area contributed by atoms with Gasteiger partial charge in [0.15, 0.2) is 0 Å². The van der Waals surface area contributed by atoms with Crippen molar-refractivity contribution >= 4 is 17.5 Å². The van der Waals surface area contributed by atoms with E-state index in [0.29, 0.717) is 24.5 Å². The molecular weight excluding hydrogens is 348 g/mol. The molecular formula is C19H22N4O4. The van der Waals surface area contributed by atoms with E-state index in [0.717, 1.165) is 23.9 Å². The molecule has 1 aliphatic heterocycles. The highest BCUT2D eigenvalue weighted by atomic mass is 16.5. The summed E-state index contributed by atoms with van der Waals surface area (Å²) >= 11 is 0. The van der Waals surface area contributed by atoms with Crippen molar-refractivity contribution in [1.29, 1.82) is 0 Å². The highest BCUT2D eigenvalue weighted by molar-refractivity contribution is 6.02. The van der Waals surface area contributed by atoms with E-state index in [2.05, 4.69) is 10.4 Å². The Hall–Kier alpha value is -3.16. The number of rotatable bonds is 5. The van der Waals surface area contributed by atoms with Crippen molar-refractivity contribution in [1.82, 2.24) is 14.7 Å². The van der Waals surface area contributed by atoms with Crippen LogP contribution in [0, 0.1) is 0 Å². The number of ether oxygens (including phenoxy) is 1. The van der Waals surface area contributed by atoms with Crippen LogP contribution in [-0.4, -0.2) is 46.7 Å². The first-order chi connectivity index (χ1) is 13.1. The highest BCUT2D eigenvalue weighted by Gasteiger charge is 2.18. The van der Waals surface area contributed by atoms with Crippen molar-refractivity contribution < 1.29 is 14.3 Å². The molecule has 1 N–H and O–H groups in total. The fourth-order valence-electron chi connectivity index (χ4n) is 2.92. The number of piperidine rings is 1. The lowest BCUT2D eigenvalue weighted by Gasteiger charge is -2.26. The lowest BCUT2D eigenvalue weighted by Crippen LogP contribution is -2.40. The molecule has 1 aliphatic rings. The maximum Gasteiger partial charge on any atom is 0.276 e. The van der Waals surface area contributed by atoms with Gasteiger partial charge in [-0.2, -0.15) is 5.10 Å². The predicted octanol–water partition coefficient (Wildman–Crippen LogP) is 1.52. The molecule has 3 rings (SSSR count). The van der Waals surface area contributed by atoms with Gasteiger partial charge in [-0.05, 0) is 49.6 Å². The van der Waals surface area contributed by atoms with Gasteiger partial charge in [0.25, 0.3) is 11.5 Å². The minimum absolute atomic E-state index is 0.0665. The molecule has 2 amide bonds. The SMILES string of the molecule is COc1ccc(NC(=O)c2ccc(=O)n(CC(=O)N3CCCCC3)n2)cc1. The number of nitrogens with zero attached hydrogens (tertiary/aromatic N) is 3. The van der Waals surface area contributed by atoms with Gasteiger partial charge in [-0.15, -0.1) is 0 Å². The zero-order valence-corrected chi connectivity index (χ0v) is 15.2. The molecule has 0 saturated carbocycles. The summed E-state index contributed by atoms with van der Waals surface area (Å²) in [6.45, 7) is 1.24. The minimum atomic E-state index is -0.459. The Morgan fingerprint density at radius 3 is 2.44 bits per heavy atom. The molecule has 1 aromatic carbocycles. The molecule has 27 heavy (non-hydrogen) atoms. The van der Waals surface area contributed by atoms with E-state index in [1.807, 2.05) is 0 Å². The number of hydrogen-bond acceptors (Lipinski definition) is 5. The monoisotopic (exact) mass is 370 g/mol. The Balaban J connectivity index is 1.70. The van der Waals surface area contributed by atoms with Crippen LogP contribution in [0.15, 0.2) is 41.2 Å². The predicted molar refractivity (Wildman–Crippen MR) is 99.9 cm³/mol. The number of aromatic nitrogens is 2. The van der Waals surface area contributed by atoms with Crippen molar-refractivity contribution in [3.05, 3.63) is 52.4 Å². The molecule has 1 aromatic heterocycles.